The molecular formula is C57H76N20O27P4S4+4. The van der Waals surface area contributed by atoms with E-state index in [1.165, 1.54) is 58.9 Å². The summed E-state index contributed by atoms with van der Waals surface area (Å²) in [6, 6.07) is 0. The Hall–Kier alpha value is -6.52. The summed E-state index contributed by atoms with van der Waals surface area (Å²) >= 11 is 16.8. The van der Waals surface area contributed by atoms with Crippen LogP contribution in [0.15, 0.2) is 60.1 Å². The van der Waals surface area contributed by atoms with E-state index in [2.05, 4.69) is 96.1 Å². The first-order valence-corrected chi connectivity index (χ1v) is 45.5. The summed E-state index contributed by atoms with van der Waals surface area (Å²) in [6.45, 7) is -12.0. The van der Waals surface area contributed by atoms with Crippen molar-refractivity contribution < 1.29 is 97.8 Å². The third kappa shape index (κ3) is 13.8. The summed E-state index contributed by atoms with van der Waals surface area (Å²) < 4.78 is 149. The molecule has 8 aromatic heterocycles. The third-order valence-electron chi connectivity index (χ3n) is 21.2. The molecule has 0 aromatic carbocycles. The Balaban J connectivity index is 0.667. The number of imidazole rings is 3. The fourth-order valence-electron chi connectivity index (χ4n) is 15.5. The molecule has 8 aliphatic heterocycles. The minimum atomic E-state index is -4.75. The van der Waals surface area contributed by atoms with E-state index in [1.54, 1.807) is 27.7 Å². The molecule has 55 heteroatoms. The second kappa shape index (κ2) is 28.7. The number of hydrogen-bond donors (Lipinski definition) is 11. The Bertz CT molecular complexity index is 5720. The van der Waals surface area contributed by atoms with Crippen LogP contribution in [0.25, 0.3) is 33.5 Å². The molecule has 8 fully saturated rings. The lowest BCUT2D eigenvalue weighted by molar-refractivity contribution is -0.221. The van der Waals surface area contributed by atoms with Gasteiger partial charge in [0.25, 0.3) is 22.2 Å². The minimum Gasteiger partial charge on any atom is -0.387 e. The zero-order valence-electron chi connectivity index (χ0n) is 59.2. The first-order chi connectivity index (χ1) is 52.8. The van der Waals surface area contributed by atoms with Gasteiger partial charge in [-0.25, -0.2) is 33.7 Å². The molecule has 16 N–H and O–H groups in total. The third-order valence-corrected chi connectivity index (χ3v) is 27.9. The molecule has 7 unspecified atom stereocenters. The van der Waals surface area contributed by atoms with Crippen LogP contribution in [0, 0.1) is 13.8 Å². The molecular weight excluding hydrogens is 1650 g/mol. The van der Waals surface area contributed by atoms with E-state index in [9.17, 15) is 43.3 Å². The van der Waals surface area contributed by atoms with Crippen LogP contribution in [0.2, 0.25) is 0 Å². The van der Waals surface area contributed by atoms with Gasteiger partial charge in [-0.2, -0.15) is 24.5 Å². The number of hydrogen-bond acceptors (Lipinski definition) is 36. The molecule has 8 aliphatic rings. The van der Waals surface area contributed by atoms with Crippen LogP contribution in [-0.4, -0.2) is 219 Å². The molecule has 0 spiro atoms. The van der Waals surface area contributed by atoms with Gasteiger partial charge in [0.05, 0.1) is 92.9 Å². The predicted molar refractivity (Wildman–Crippen MR) is 400 cm³/mol. The number of rotatable bonds is 26. The predicted octanol–water partition coefficient (Wildman–Crippen LogP) is -2.23. The van der Waals surface area contributed by atoms with Gasteiger partial charge < -0.3 is 75.0 Å². The maximum Gasteiger partial charge on any atom is 0.536 e. The summed E-state index contributed by atoms with van der Waals surface area (Å²) in [5.74, 6) is -0.810. The van der Waals surface area contributed by atoms with E-state index >= 15 is 9.13 Å². The molecule has 0 saturated carbocycles. The zero-order valence-corrected chi connectivity index (χ0v) is 66.5. The number of thiol groups is 1. The van der Waals surface area contributed by atoms with Gasteiger partial charge in [-0.15, -0.1) is 0 Å². The van der Waals surface area contributed by atoms with Crippen molar-refractivity contribution in [2.45, 2.75) is 188 Å². The fraction of sp³-hybridized carbons (Fsp3) is 0.596. The Kier molecular flexibility index (Phi) is 20.3. The highest BCUT2D eigenvalue weighted by molar-refractivity contribution is 8.44. The number of anilines is 4. The molecule has 112 heavy (non-hydrogen) atoms. The van der Waals surface area contributed by atoms with Gasteiger partial charge in [0.1, 0.15) is 67.6 Å². The van der Waals surface area contributed by atoms with Crippen LogP contribution in [0.4, 0.5) is 23.7 Å². The quantitative estimate of drug-likeness (QED) is 0.0155. The van der Waals surface area contributed by atoms with Crippen molar-refractivity contribution in [2.75, 3.05) is 49.4 Å². The number of aromatic nitrogens is 16. The molecule has 0 radical (unpaired) electrons. The van der Waals surface area contributed by atoms with Gasteiger partial charge in [0.15, 0.2) is 75.6 Å². The van der Waals surface area contributed by atoms with Gasteiger partial charge in [-0.1, -0.05) is 6.92 Å². The van der Waals surface area contributed by atoms with Gasteiger partial charge in [0.2, 0.25) is 30.1 Å². The number of aromatic amines is 4. The Morgan fingerprint density at radius 1 is 0.589 bits per heavy atom. The van der Waals surface area contributed by atoms with Gasteiger partial charge >= 0.3 is 38.5 Å². The summed E-state index contributed by atoms with van der Waals surface area (Å²) in [5, 5.41) is 11.8. The monoisotopic (exact) mass is 1720 g/mol. The van der Waals surface area contributed by atoms with Gasteiger partial charge in [-0.3, -0.25) is 94.0 Å². The number of aryl methyl sites for hydroxylation is 2. The lowest BCUT2D eigenvalue weighted by Gasteiger charge is -2.36. The second-order valence-electron chi connectivity index (χ2n) is 28.0. The van der Waals surface area contributed by atoms with Gasteiger partial charge in [-0.05, 0) is 53.3 Å². The Labute approximate surface area is 647 Å². The first kappa shape index (κ1) is 79.3. The molecule has 8 aromatic rings. The van der Waals surface area contributed by atoms with Crippen molar-refractivity contribution in [1.29, 1.82) is 0 Å². The molecule has 16 rings (SSSR count). The zero-order chi connectivity index (χ0) is 79.7. The number of nitrogens with two attached hydrogens (primary N) is 4. The molecule has 6 bridgehead atoms. The van der Waals surface area contributed by atoms with Gasteiger partial charge in [0, 0.05) is 36.4 Å². The van der Waals surface area contributed by atoms with Crippen LogP contribution in [-0.2, 0) is 115 Å². The molecule has 25 atom stereocenters. The number of H-pyrrole nitrogens is 4. The summed E-state index contributed by atoms with van der Waals surface area (Å²) in [6.07, 6.45) is -15.5. The molecule has 0 aliphatic carbocycles. The van der Waals surface area contributed by atoms with Crippen molar-refractivity contribution >= 4 is 133 Å². The largest absolute Gasteiger partial charge is 0.536 e. The smallest absolute Gasteiger partial charge is 0.387 e. The van der Waals surface area contributed by atoms with Crippen molar-refractivity contribution in [3.8, 4) is 0 Å². The van der Waals surface area contributed by atoms with Crippen molar-refractivity contribution in [3.05, 3.63) is 105 Å². The highest BCUT2D eigenvalue weighted by Gasteiger charge is 2.75. The maximum atomic E-state index is 15.2. The minimum absolute atomic E-state index is 0.00647. The standard InChI is InChI=1S/C57H72N20O27P4S4/c1-7-24-25(8-29(96-24)75-16-62-30-40(75)66-50(59)69-44(30)80)101-105(85,109)89-12-27-26(9-28(97-27)73-11-20(3)43(79)72-54(73)84)102-106(86,110)91-14-56-22(5)94-34(48(99-56)76-17-63-31-41(76)67-51(60)70-45(31)81)37(56)104-108(88,112)92-15-57-23(6)95-35(49(100-57)77-18-64-32-42(77)68-52(61)71-46(32)82)38(57)103-107(87,111)90-13-55-21(4)93-33(36(55)78)47(98-55)74-10-19(2)39(58)65-53(74)83/h10-11,16-18,21-29,33-38,47-49,78H,7-9,12-15H2,1-6H3,(H,85,109)(H,86,110)(H,87,111)(H,88,112)(H2,58,65,83)(H,72,79,84)(H3,59,66,69,80)(H3,60,67,70,81)(H3,61,68,71,82)/p+4/t21-,22-,23-,24+,25+,26+,27+,28+,29+,33?,34?,35?,36+,37+,38+,47+,48+,49+,55-,56-,57-,105?,106?,107?,108?/m0/s1. The van der Waals surface area contributed by atoms with E-state index in [4.69, 9.17) is 104 Å². The van der Waals surface area contributed by atoms with E-state index in [0.29, 0.717) is 12.0 Å². The number of nitrogens with one attached hydrogen (secondary N) is 4. The fourth-order valence-corrected chi connectivity index (χ4v) is 21.9. The van der Waals surface area contributed by atoms with E-state index in [0.717, 1.165) is 9.13 Å². The molecule has 606 valence electrons. The molecule has 8 saturated heterocycles. The second-order valence-corrected chi connectivity index (χ2v) is 40.1. The maximum absolute atomic E-state index is 15.2. The average molecular weight is 1730 g/mol. The lowest BCUT2D eigenvalue weighted by Crippen LogP contribution is -2.52. The van der Waals surface area contributed by atoms with E-state index in [1.807, 2.05) is 0 Å². The molecule has 0 amide bonds. The van der Waals surface area contributed by atoms with Crippen molar-refractivity contribution in [2.24, 2.45) is 0 Å². The van der Waals surface area contributed by atoms with E-state index in [-0.39, 0.29) is 75.6 Å². The average Bonchev–Trinajstić information content (AvgIpc) is 1.55. The summed E-state index contributed by atoms with van der Waals surface area (Å²) in [4.78, 5) is 130. The topological polar surface area (TPSA) is 631 Å². The van der Waals surface area contributed by atoms with Crippen molar-refractivity contribution in [1.82, 2.24) is 77.7 Å². The van der Waals surface area contributed by atoms with Crippen LogP contribution >= 0.6 is 39.4 Å². The first-order valence-electron chi connectivity index (χ1n) is 34.4. The van der Waals surface area contributed by atoms with Crippen LogP contribution in [0.1, 0.15) is 89.2 Å². The number of nitrogens with zero attached hydrogens (tertiary/aromatic N) is 12. The number of aliphatic hydroxyl groups is 3. The summed E-state index contributed by atoms with van der Waals surface area (Å²) in [7, 11) is 0. The lowest BCUT2D eigenvalue weighted by atomic mass is 9.94. The number of aliphatic hydroxyl groups excluding tert-OH is 1. The van der Waals surface area contributed by atoms with Crippen LogP contribution in [0.5, 0.6) is 0 Å². The highest BCUT2D eigenvalue weighted by atomic mass is 32.7. The normalized spacial score (nSPS) is 34.8. The van der Waals surface area contributed by atoms with Crippen LogP contribution < -0.4 is 56.6 Å². The number of ether oxygens (including phenoxy) is 8. The highest BCUT2D eigenvalue weighted by Crippen LogP contribution is 2.64. The SMILES string of the molecule is CC[C@H]1O[C@@H](n2cnc3c(=O)[nH]c(N)nc32)C[C@H]1OP(=O)([SH2+])OC[C@H]1O[C@@H](n2cc(C)c(=O)[nH]c2=O)C[C@H]1OP(=O)([SH2+])OC[C@]12O[C@@H](n3cnc4c(=O)[nH]c(N)nc43)C(O[C@H]1C)[C@H]2[OH+]P(O)(=S)OC[C@]12O[C@@H](n3cnc4c(=O)[nH]c(N)nc43)C(O[C@H]1C)[C@H]2[OH+]P(=O)(S)OC[C@]12O[C@@H](n3cc(C)c(N)nc3=O)C(O[C@H]1C)[C@H]2O. The van der Waals surface area contributed by atoms with Crippen LogP contribution in [0.3, 0.4) is 0 Å². The number of nitrogen functional groups attached to an aromatic ring is 4. The number of fused-ring (bicyclic) bond motifs is 9. The molecule has 16 heterocycles. The van der Waals surface area contributed by atoms with Crippen molar-refractivity contribution in [3.63, 3.8) is 0 Å². The summed E-state index contributed by atoms with van der Waals surface area (Å²) in [5.41, 5.74) is 13.7. The van der Waals surface area contributed by atoms with E-state index < -0.39 is 214 Å². The Morgan fingerprint density at radius 2 is 1.04 bits per heavy atom. The molecule has 47 nitrogen and oxygen atoms in total. The Morgan fingerprint density at radius 3 is 1.60 bits per heavy atom.